The Morgan fingerprint density at radius 3 is 1.41 bits per heavy atom. The fourth-order valence-corrected chi connectivity index (χ4v) is 6.57. The monoisotopic (exact) mass is 610 g/mol. The van der Waals surface area contributed by atoms with Crippen LogP contribution in [0.25, 0.3) is 0 Å². The van der Waals surface area contributed by atoms with Gasteiger partial charge in [-0.25, -0.2) is 0 Å². The van der Waals surface area contributed by atoms with Gasteiger partial charge in [0.1, 0.15) is 0 Å². The maximum absolute atomic E-state index is 13.9. The van der Waals surface area contributed by atoms with Gasteiger partial charge in [0, 0.05) is 62.2 Å². The maximum Gasteiger partial charge on any atom is 0.196 e. The van der Waals surface area contributed by atoms with Crippen molar-refractivity contribution in [2.75, 3.05) is 11.5 Å². The van der Waals surface area contributed by atoms with Crippen LogP contribution in [0.4, 0.5) is 11.4 Å². The lowest BCUT2D eigenvalue weighted by Crippen LogP contribution is -2.22. The summed E-state index contributed by atoms with van der Waals surface area (Å²) in [5.74, 6) is -0.343. The summed E-state index contributed by atoms with van der Waals surface area (Å²) in [4.78, 5) is 30.4. The molecule has 4 aromatic rings. The lowest BCUT2D eigenvalue weighted by Gasteiger charge is -2.22. The van der Waals surface area contributed by atoms with Gasteiger partial charge in [-0.05, 0) is 48.5 Å². The number of carbonyl (C=O) groups excluding carboxylic acids is 2. The van der Waals surface area contributed by atoms with Gasteiger partial charge in [0.05, 0.1) is 0 Å². The van der Waals surface area contributed by atoms with E-state index in [2.05, 4.69) is 31.9 Å². The number of benzene rings is 4. The number of rotatable bonds is 4. The third-order valence-corrected chi connectivity index (χ3v) is 8.67. The van der Waals surface area contributed by atoms with Crippen LogP contribution in [0, 0.1) is 0 Å². The summed E-state index contributed by atoms with van der Waals surface area (Å²) in [5, 5.41) is 0. The maximum atomic E-state index is 13.9. The normalized spacial score (nSPS) is 12.4. The zero-order valence-electron chi connectivity index (χ0n) is 17.5. The minimum Gasteiger partial charge on any atom is -0.398 e. The second-order valence-electron chi connectivity index (χ2n) is 7.58. The van der Waals surface area contributed by atoms with Gasteiger partial charge in [0.2, 0.25) is 0 Å². The van der Waals surface area contributed by atoms with E-state index in [0.29, 0.717) is 43.4 Å². The lowest BCUT2D eigenvalue weighted by atomic mass is 9.84. The highest BCUT2D eigenvalue weighted by molar-refractivity contribution is 9.10. The van der Waals surface area contributed by atoms with Crippen molar-refractivity contribution in [3.63, 3.8) is 0 Å². The Morgan fingerprint density at radius 2 is 1.00 bits per heavy atom. The molecule has 5 rings (SSSR count). The summed E-state index contributed by atoms with van der Waals surface area (Å²) in [5.41, 5.74) is 15.2. The molecule has 1 aliphatic carbocycles. The molecule has 0 bridgehead atoms. The number of halogens is 2. The fourth-order valence-electron chi connectivity index (χ4n) is 3.81. The Kier molecular flexibility index (Phi) is 6.33. The molecule has 0 saturated carbocycles. The van der Waals surface area contributed by atoms with Crippen LogP contribution in [0.3, 0.4) is 0 Å². The van der Waals surface area contributed by atoms with Gasteiger partial charge in [-0.3, -0.25) is 9.59 Å². The van der Waals surface area contributed by atoms with Crippen LogP contribution in [-0.2, 0) is 0 Å². The van der Waals surface area contributed by atoms with Gasteiger partial charge in [-0.1, -0.05) is 79.6 Å². The third kappa shape index (κ3) is 4.20. The first-order valence-corrected chi connectivity index (χ1v) is 13.4. The predicted octanol–water partition coefficient (Wildman–Crippen LogP) is 7.45. The number of anilines is 2. The van der Waals surface area contributed by atoms with E-state index in [0.717, 1.165) is 18.7 Å². The van der Waals surface area contributed by atoms with Gasteiger partial charge in [0.25, 0.3) is 0 Å². The van der Waals surface area contributed by atoms with E-state index in [1.807, 2.05) is 48.5 Å². The minimum atomic E-state index is -0.179. The summed E-state index contributed by atoms with van der Waals surface area (Å²) in [6.45, 7) is 0. The molecular weight excluding hydrogens is 596 g/mol. The SMILES string of the molecule is Nc1cc(Br)ccc1Sc1cccc2c1C(=O)c1c(Sc3ccc(Br)cc3N)cccc1C2=O. The smallest absolute Gasteiger partial charge is 0.196 e. The van der Waals surface area contributed by atoms with Gasteiger partial charge < -0.3 is 11.5 Å². The predicted molar refractivity (Wildman–Crippen MR) is 145 cm³/mol. The topological polar surface area (TPSA) is 86.2 Å². The van der Waals surface area contributed by atoms with Crippen molar-refractivity contribution in [1.29, 1.82) is 0 Å². The Labute approximate surface area is 221 Å². The molecule has 0 unspecified atom stereocenters. The van der Waals surface area contributed by atoms with E-state index >= 15 is 0 Å². The van der Waals surface area contributed by atoms with Crippen molar-refractivity contribution >= 4 is 78.3 Å². The number of fused-ring (bicyclic) bond motifs is 2. The summed E-state index contributed by atoms with van der Waals surface area (Å²) < 4.78 is 1.75. The molecule has 34 heavy (non-hydrogen) atoms. The summed E-state index contributed by atoms with van der Waals surface area (Å²) in [6, 6.07) is 21.9. The molecule has 0 aromatic heterocycles. The lowest BCUT2D eigenvalue weighted by molar-refractivity contribution is 0.0974. The molecule has 0 atom stereocenters. The summed E-state index contributed by atoms with van der Waals surface area (Å²) in [7, 11) is 0. The van der Waals surface area contributed by atoms with Crippen molar-refractivity contribution in [3.8, 4) is 0 Å². The number of carbonyl (C=O) groups is 2. The molecule has 1 aliphatic rings. The van der Waals surface area contributed by atoms with Crippen molar-refractivity contribution in [1.82, 2.24) is 0 Å². The molecule has 0 aliphatic heterocycles. The molecule has 0 heterocycles. The molecule has 0 radical (unpaired) electrons. The van der Waals surface area contributed by atoms with E-state index in [9.17, 15) is 9.59 Å². The highest BCUT2D eigenvalue weighted by Crippen LogP contribution is 2.43. The van der Waals surface area contributed by atoms with Crippen LogP contribution in [0.5, 0.6) is 0 Å². The van der Waals surface area contributed by atoms with Crippen molar-refractivity contribution < 1.29 is 9.59 Å². The van der Waals surface area contributed by atoms with Gasteiger partial charge in [-0.15, -0.1) is 0 Å². The highest BCUT2D eigenvalue weighted by atomic mass is 79.9. The molecular formula is C26H16Br2N2O2S2. The van der Waals surface area contributed by atoms with E-state index < -0.39 is 0 Å². The molecule has 0 saturated heterocycles. The second-order valence-corrected chi connectivity index (χ2v) is 11.6. The Balaban J connectivity index is 1.61. The molecule has 168 valence electrons. The average Bonchev–Trinajstić information content (AvgIpc) is 2.81. The van der Waals surface area contributed by atoms with Crippen LogP contribution in [0.1, 0.15) is 31.8 Å². The van der Waals surface area contributed by atoms with E-state index in [1.54, 1.807) is 24.3 Å². The molecule has 4 aromatic carbocycles. The van der Waals surface area contributed by atoms with E-state index in [4.69, 9.17) is 11.5 Å². The minimum absolute atomic E-state index is 0.165. The largest absolute Gasteiger partial charge is 0.398 e. The number of hydrogen-bond acceptors (Lipinski definition) is 6. The molecule has 0 spiro atoms. The van der Waals surface area contributed by atoms with Gasteiger partial charge in [-0.2, -0.15) is 0 Å². The van der Waals surface area contributed by atoms with Crippen LogP contribution in [0.15, 0.2) is 101 Å². The average molecular weight is 612 g/mol. The number of ketones is 2. The fraction of sp³-hybridized carbons (Fsp3) is 0. The molecule has 4 nitrogen and oxygen atoms in total. The number of hydrogen-bond donors (Lipinski definition) is 2. The Bertz CT molecular complexity index is 1400. The first-order valence-electron chi connectivity index (χ1n) is 10.1. The van der Waals surface area contributed by atoms with Crippen LogP contribution < -0.4 is 11.5 Å². The van der Waals surface area contributed by atoms with Crippen LogP contribution >= 0.6 is 55.4 Å². The van der Waals surface area contributed by atoms with Crippen molar-refractivity contribution in [3.05, 3.63) is 104 Å². The van der Waals surface area contributed by atoms with Gasteiger partial charge in [0.15, 0.2) is 11.6 Å². The summed E-state index contributed by atoms with van der Waals surface area (Å²) in [6.07, 6.45) is 0. The Morgan fingerprint density at radius 1 is 0.559 bits per heavy atom. The number of nitrogen functional groups attached to an aromatic ring is 2. The quantitative estimate of drug-likeness (QED) is 0.205. The standard InChI is InChI=1S/C26H16Br2N2O2S2/c27-13-7-9-19(17(29)11-13)33-21-5-1-3-15-23(21)26(32)24-16(25(15)31)4-2-6-22(24)34-20-10-8-14(28)12-18(20)30/h1-12H,29-30H2. The van der Waals surface area contributed by atoms with E-state index in [1.165, 1.54) is 23.5 Å². The summed E-state index contributed by atoms with van der Waals surface area (Å²) >= 11 is 9.60. The molecule has 0 amide bonds. The Hall–Kier alpha value is -2.52. The molecule has 0 fully saturated rings. The van der Waals surface area contributed by atoms with E-state index in [-0.39, 0.29) is 11.6 Å². The number of nitrogens with two attached hydrogens (primary N) is 2. The van der Waals surface area contributed by atoms with Gasteiger partial charge >= 0.3 is 0 Å². The van der Waals surface area contributed by atoms with Crippen LogP contribution in [-0.4, -0.2) is 11.6 Å². The first kappa shape index (κ1) is 23.2. The third-order valence-electron chi connectivity index (χ3n) is 5.38. The highest BCUT2D eigenvalue weighted by Gasteiger charge is 2.34. The molecule has 4 N–H and O–H groups in total. The van der Waals surface area contributed by atoms with Crippen molar-refractivity contribution in [2.24, 2.45) is 0 Å². The second kappa shape index (κ2) is 9.26. The van der Waals surface area contributed by atoms with Crippen molar-refractivity contribution in [2.45, 2.75) is 19.6 Å². The zero-order chi connectivity index (χ0) is 24.0. The van der Waals surface area contributed by atoms with Crippen LogP contribution in [0.2, 0.25) is 0 Å². The first-order chi connectivity index (χ1) is 16.3. The molecule has 8 heteroatoms. The zero-order valence-corrected chi connectivity index (χ0v) is 22.3.